The number of ether oxygens (including phenoxy) is 1. The molecule has 0 aliphatic heterocycles. The van der Waals surface area contributed by atoms with Gasteiger partial charge in [-0.3, -0.25) is 9.48 Å². The van der Waals surface area contributed by atoms with Crippen molar-refractivity contribution in [2.45, 2.75) is 12.7 Å². The number of carbonyl (C=O) groups is 1. The molecular formula is C24H16F5N3O2. The van der Waals surface area contributed by atoms with Crippen molar-refractivity contribution in [3.05, 3.63) is 107 Å². The number of hydrogen-bond acceptors (Lipinski definition) is 3. The Morgan fingerprint density at radius 2 is 1.62 bits per heavy atom. The van der Waals surface area contributed by atoms with Gasteiger partial charge in [-0.25, -0.2) is 8.78 Å². The first-order chi connectivity index (χ1) is 16.2. The number of halogens is 5. The molecular weight excluding hydrogens is 457 g/mol. The van der Waals surface area contributed by atoms with Gasteiger partial charge in [0, 0.05) is 12.3 Å². The third kappa shape index (κ3) is 5.22. The van der Waals surface area contributed by atoms with Gasteiger partial charge in [0.05, 0.1) is 12.1 Å². The fourth-order valence-electron chi connectivity index (χ4n) is 3.23. The molecule has 0 atom stereocenters. The Morgan fingerprint density at radius 1 is 0.912 bits per heavy atom. The zero-order valence-corrected chi connectivity index (χ0v) is 17.3. The second-order valence-corrected chi connectivity index (χ2v) is 7.18. The van der Waals surface area contributed by atoms with Crippen LogP contribution in [0.15, 0.2) is 79.0 Å². The maximum absolute atomic E-state index is 13.8. The monoisotopic (exact) mass is 473 g/mol. The van der Waals surface area contributed by atoms with E-state index in [9.17, 15) is 26.7 Å². The number of nitrogens with zero attached hydrogens (tertiary/aromatic N) is 2. The number of nitrogens with one attached hydrogen (secondary N) is 1. The zero-order valence-electron chi connectivity index (χ0n) is 17.3. The van der Waals surface area contributed by atoms with Crippen molar-refractivity contribution in [1.29, 1.82) is 0 Å². The molecule has 1 heterocycles. The Labute approximate surface area is 190 Å². The number of hydrogen-bond donors (Lipinski definition) is 1. The lowest BCUT2D eigenvalue weighted by Gasteiger charge is -2.15. The lowest BCUT2D eigenvalue weighted by Crippen LogP contribution is -2.16. The van der Waals surface area contributed by atoms with Gasteiger partial charge in [0.1, 0.15) is 28.7 Å². The molecule has 4 aromatic rings. The fraction of sp³-hybridized carbons (Fsp3) is 0.0833. The maximum atomic E-state index is 13.8. The minimum Gasteiger partial charge on any atom is -0.457 e. The van der Waals surface area contributed by atoms with Gasteiger partial charge in [-0.2, -0.15) is 18.3 Å². The topological polar surface area (TPSA) is 56.2 Å². The first-order valence-electron chi connectivity index (χ1n) is 9.92. The van der Waals surface area contributed by atoms with Gasteiger partial charge >= 0.3 is 6.18 Å². The number of carbonyl (C=O) groups excluding carboxylic acids is 1. The predicted molar refractivity (Wildman–Crippen MR) is 114 cm³/mol. The Balaban J connectivity index is 1.53. The number of alkyl halides is 3. The molecule has 4 rings (SSSR count). The molecule has 0 aliphatic rings. The summed E-state index contributed by atoms with van der Waals surface area (Å²) in [4.78, 5) is 12.2. The Bertz CT molecular complexity index is 1300. The molecule has 3 aromatic carbocycles. The maximum Gasteiger partial charge on any atom is 0.416 e. The predicted octanol–water partition coefficient (Wildman–Crippen LogP) is 6.27. The van der Waals surface area contributed by atoms with E-state index in [1.165, 1.54) is 24.4 Å². The van der Waals surface area contributed by atoms with E-state index >= 15 is 0 Å². The normalized spacial score (nSPS) is 11.3. The van der Waals surface area contributed by atoms with Gasteiger partial charge in [0.25, 0.3) is 5.91 Å². The molecule has 0 unspecified atom stereocenters. The molecule has 1 N–H and O–H groups in total. The summed E-state index contributed by atoms with van der Waals surface area (Å²) in [5.41, 5.74) is -1.78. The molecule has 1 amide bonds. The standard InChI is InChI=1S/C24H16F5N3O2/c25-19-7-4-8-20(26)22(19)23(33)30-21-11-12-32(31-21)14-15-9-10-17(13-18(15)24(27,28)29)34-16-5-2-1-3-6-16/h1-13H,14H2,(H,30,31,33). The molecule has 174 valence electrons. The van der Waals surface area contributed by atoms with E-state index in [1.54, 1.807) is 30.3 Å². The summed E-state index contributed by atoms with van der Waals surface area (Å²) < 4.78 is 75.3. The van der Waals surface area contributed by atoms with Crippen molar-refractivity contribution in [3.8, 4) is 11.5 Å². The summed E-state index contributed by atoms with van der Waals surface area (Å²) in [7, 11) is 0. The largest absolute Gasteiger partial charge is 0.457 e. The second-order valence-electron chi connectivity index (χ2n) is 7.18. The summed E-state index contributed by atoms with van der Waals surface area (Å²) in [6.07, 6.45) is -3.32. The molecule has 0 fully saturated rings. The summed E-state index contributed by atoms with van der Waals surface area (Å²) in [5.74, 6) is -2.84. The number of aromatic nitrogens is 2. The molecule has 0 radical (unpaired) electrons. The van der Waals surface area contributed by atoms with E-state index in [0.717, 1.165) is 28.9 Å². The summed E-state index contributed by atoms with van der Waals surface area (Å²) in [5, 5.41) is 6.22. The summed E-state index contributed by atoms with van der Waals surface area (Å²) >= 11 is 0. The van der Waals surface area contributed by atoms with Gasteiger partial charge in [-0.15, -0.1) is 0 Å². The first kappa shape index (κ1) is 23.0. The lowest BCUT2D eigenvalue weighted by molar-refractivity contribution is -0.138. The van der Waals surface area contributed by atoms with Crippen molar-refractivity contribution in [1.82, 2.24) is 9.78 Å². The highest BCUT2D eigenvalue weighted by Gasteiger charge is 2.34. The number of rotatable bonds is 6. The molecule has 0 saturated heterocycles. The lowest BCUT2D eigenvalue weighted by atomic mass is 10.1. The molecule has 0 aliphatic carbocycles. The van der Waals surface area contributed by atoms with Crippen molar-refractivity contribution < 1.29 is 31.5 Å². The zero-order chi connectivity index (χ0) is 24.3. The smallest absolute Gasteiger partial charge is 0.416 e. The van der Waals surface area contributed by atoms with Crippen LogP contribution in [-0.2, 0) is 12.7 Å². The van der Waals surface area contributed by atoms with Crippen molar-refractivity contribution >= 4 is 11.7 Å². The Morgan fingerprint density at radius 3 is 2.29 bits per heavy atom. The van der Waals surface area contributed by atoms with Crippen molar-refractivity contribution in [2.75, 3.05) is 5.32 Å². The summed E-state index contributed by atoms with van der Waals surface area (Å²) in [6, 6.07) is 16.2. The van der Waals surface area contributed by atoms with Crippen LogP contribution in [0.2, 0.25) is 0 Å². The van der Waals surface area contributed by atoms with Crippen LogP contribution in [0.4, 0.5) is 27.8 Å². The van der Waals surface area contributed by atoms with E-state index in [-0.39, 0.29) is 23.7 Å². The van der Waals surface area contributed by atoms with E-state index in [1.807, 2.05) is 0 Å². The van der Waals surface area contributed by atoms with Crippen LogP contribution in [0.25, 0.3) is 0 Å². The quantitative estimate of drug-likeness (QED) is 0.336. The van der Waals surface area contributed by atoms with Crippen LogP contribution < -0.4 is 10.1 Å². The average Bonchev–Trinajstić information content (AvgIpc) is 3.21. The SMILES string of the molecule is O=C(Nc1ccn(Cc2ccc(Oc3ccccc3)cc2C(F)(F)F)n1)c1c(F)cccc1F. The van der Waals surface area contributed by atoms with Gasteiger partial charge in [0.2, 0.25) is 0 Å². The number of benzene rings is 3. The van der Waals surface area contributed by atoms with Crippen molar-refractivity contribution in [3.63, 3.8) is 0 Å². The van der Waals surface area contributed by atoms with Gasteiger partial charge in [0.15, 0.2) is 5.82 Å². The van der Waals surface area contributed by atoms with Crippen LogP contribution in [0.5, 0.6) is 11.5 Å². The minimum absolute atomic E-state index is 0.0163. The number of para-hydroxylation sites is 1. The van der Waals surface area contributed by atoms with Gasteiger partial charge in [-0.1, -0.05) is 30.3 Å². The van der Waals surface area contributed by atoms with Crippen LogP contribution in [-0.4, -0.2) is 15.7 Å². The van der Waals surface area contributed by atoms with E-state index in [0.29, 0.717) is 5.75 Å². The van der Waals surface area contributed by atoms with E-state index in [4.69, 9.17) is 4.74 Å². The minimum atomic E-state index is -4.65. The number of anilines is 1. The molecule has 0 bridgehead atoms. The van der Waals surface area contributed by atoms with Crippen molar-refractivity contribution in [2.24, 2.45) is 0 Å². The fourth-order valence-corrected chi connectivity index (χ4v) is 3.23. The second kappa shape index (κ2) is 9.34. The summed E-state index contributed by atoms with van der Waals surface area (Å²) in [6.45, 7) is -0.273. The van der Waals surface area contributed by atoms with Crippen LogP contribution >= 0.6 is 0 Å². The van der Waals surface area contributed by atoms with Gasteiger partial charge in [-0.05, 0) is 42.0 Å². The highest BCUT2D eigenvalue weighted by Crippen LogP contribution is 2.36. The Hall–Kier alpha value is -4.21. The third-order valence-corrected chi connectivity index (χ3v) is 4.77. The van der Waals surface area contributed by atoms with Crippen LogP contribution in [0.1, 0.15) is 21.5 Å². The highest BCUT2D eigenvalue weighted by atomic mass is 19.4. The molecule has 0 spiro atoms. The van der Waals surface area contributed by atoms with Crippen LogP contribution in [0, 0.1) is 11.6 Å². The average molecular weight is 473 g/mol. The molecule has 34 heavy (non-hydrogen) atoms. The molecule has 0 saturated carbocycles. The third-order valence-electron chi connectivity index (χ3n) is 4.77. The highest BCUT2D eigenvalue weighted by molar-refractivity contribution is 6.04. The Kier molecular flexibility index (Phi) is 6.31. The first-order valence-corrected chi connectivity index (χ1v) is 9.92. The molecule has 5 nitrogen and oxygen atoms in total. The molecule has 10 heteroatoms. The van der Waals surface area contributed by atoms with E-state index in [2.05, 4.69) is 10.4 Å². The molecule has 1 aromatic heterocycles. The van der Waals surface area contributed by atoms with E-state index < -0.39 is 34.8 Å². The van der Waals surface area contributed by atoms with Crippen LogP contribution in [0.3, 0.4) is 0 Å². The number of amides is 1. The van der Waals surface area contributed by atoms with Gasteiger partial charge < -0.3 is 10.1 Å².